The number of hydrogen-bond donors (Lipinski definition) is 0. The van der Waals surface area contributed by atoms with E-state index in [4.69, 9.17) is 0 Å². The smallest absolute Gasteiger partial charge is 0.0462 e. The average molecular weight is 390 g/mol. The summed E-state index contributed by atoms with van der Waals surface area (Å²) >= 11 is 0. The Kier molecular flexibility index (Phi) is 6.41. The zero-order valence-electron chi connectivity index (χ0n) is 17.4. The van der Waals surface area contributed by atoms with E-state index in [-0.39, 0.29) is 0 Å². The van der Waals surface area contributed by atoms with Crippen LogP contribution in [-0.4, -0.2) is 0 Å². The van der Waals surface area contributed by atoms with Gasteiger partial charge in [-0.2, -0.15) is 0 Å². The Bertz CT molecular complexity index is 1060. The van der Waals surface area contributed by atoms with Gasteiger partial charge in [0.15, 0.2) is 0 Å². The van der Waals surface area contributed by atoms with Crippen LogP contribution in [0.1, 0.15) is 30.0 Å². The quantitative estimate of drug-likeness (QED) is 0.287. The van der Waals surface area contributed by atoms with Crippen molar-refractivity contribution in [2.45, 2.75) is 19.8 Å². The monoisotopic (exact) mass is 389 g/mol. The van der Waals surface area contributed by atoms with Crippen molar-refractivity contribution in [3.63, 3.8) is 0 Å². The molecule has 0 aliphatic heterocycles. The lowest BCUT2D eigenvalue weighted by atomic mass is 10.1. The molecular formula is C29H27N. The Labute approximate surface area is 179 Å². The summed E-state index contributed by atoms with van der Waals surface area (Å²) in [7, 11) is 0. The SMILES string of the molecule is CCCc1ccc(N(c2ccccc2)c2ccc(/C=C/c3ccccc3)cc2)cc1. The number of para-hydroxylation sites is 1. The number of aryl methyl sites for hydroxylation is 1. The van der Waals surface area contributed by atoms with Crippen molar-refractivity contribution in [2.75, 3.05) is 4.90 Å². The van der Waals surface area contributed by atoms with Gasteiger partial charge in [-0.3, -0.25) is 0 Å². The van der Waals surface area contributed by atoms with E-state index in [1.54, 1.807) is 0 Å². The van der Waals surface area contributed by atoms with Crippen LogP contribution in [0, 0.1) is 0 Å². The molecule has 0 amide bonds. The Morgan fingerprint density at radius 1 is 0.533 bits per heavy atom. The standard InChI is InChI=1S/C29H27N/c1-2-9-24-16-20-28(21-17-24)30(27-12-7-4-8-13-27)29-22-18-26(19-23-29)15-14-25-10-5-3-6-11-25/h3-8,10-23H,2,9H2,1H3/b15-14+. The van der Waals surface area contributed by atoms with Crippen LogP contribution < -0.4 is 4.90 Å². The third-order valence-electron chi connectivity index (χ3n) is 5.17. The summed E-state index contributed by atoms with van der Waals surface area (Å²) in [5.74, 6) is 0. The molecule has 0 saturated carbocycles. The molecule has 0 saturated heterocycles. The highest BCUT2D eigenvalue weighted by atomic mass is 15.1. The van der Waals surface area contributed by atoms with Crippen molar-refractivity contribution in [3.05, 3.63) is 126 Å². The number of benzene rings is 4. The Morgan fingerprint density at radius 2 is 1.00 bits per heavy atom. The molecule has 0 unspecified atom stereocenters. The molecule has 0 aromatic heterocycles. The largest absolute Gasteiger partial charge is 0.311 e. The molecule has 0 spiro atoms. The minimum Gasteiger partial charge on any atom is -0.311 e. The number of rotatable bonds is 7. The summed E-state index contributed by atoms with van der Waals surface area (Å²) < 4.78 is 0. The average Bonchev–Trinajstić information content (AvgIpc) is 2.81. The molecule has 0 N–H and O–H groups in total. The molecule has 4 aromatic carbocycles. The van der Waals surface area contributed by atoms with Crippen molar-refractivity contribution in [1.29, 1.82) is 0 Å². The van der Waals surface area contributed by atoms with E-state index in [0.717, 1.165) is 17.8 Å². The molecule has 0 atom stereocenters. The first-order valence-electron chi connectivity index (χ1n) is 10.6. The lowest BCUT2D eigenvalue weighted by Crippen LogP contribution is -2.09. The van der Waals surface area contributed by atoms with Gasteiger partial charge in [0.2, 0.25) is 0 Å². The first kappa shape index (κ1) is 19.7. The van der Waals surface area contributed by atoms with Crippen LogP contribution in [0.25, 0.3) is 12.2 Å². The normalized spacial score (nSPS) is 11.0. The van der Waals surface area contributed by atoms with Gasteiger partial charge in [-0.1, -0.05) is 98.3 Å². The first-order valence-corrected chi connectivity index (χ1v) is 10.6. The van der Waals surface area contributed by atoms with Gasteiger partial charge in [-0.15, -0.1) is 0 Å². The first-order chi connectivity index (χ1) is 14.8. The molecule has 1 heteroatoms. The topological polar surface area (TPSA) is 3.24 Å². The molecule has 4 rings (SSSR count). The van der Waals surface area contributed by atoms with Gasteiger partial charge >= 0.3 is 0 Å². The van der Waals surface area contributed by atoms with Crippen LogP contribution >= 0.6 is 0 Å². The van der Waals surface area contributed by atoms with Gasteiger partial charge in [0.1, 0.15) is 0 Å². The highest BCUT2D eigenvalue weighted by Gasteiger charge is 2.11. The van der Waals surface area contributed by atoms with Gasteiger partial charge in [0.25, 0.3) is 0 Å². The van der Waals surface area contributed by atoms with Crippen molar-refractivity contribution in [2.24, 2.45) is 0 Å². The maximum Gasteiger partial charge on any atom is 0.0462 e. The number of hydrogen-bond acceptors (Lipinski definition) is 1. The zero-order chi connectivity index (χ0) is 20.6. The highest BCUT2D eigenvalue weighted by Crippen LogP contribution is 2.34. The van der Waals surface area contributed by atoms with Crippen molar-refractivity contribution in [1.82, 2.24) is 0 Å². The molecule has 0 radical (unpaired) electrons. The molecule has 1 nitrogen and oxygen atoms in total. The Hall–Kier alpha value is -3.58. The fraction of sp³-hybridized carbons (Fsp3) is 0.103. The number of nitrogens with zero attached hydrogens (tertiary/aromatic N) is 1. The predicted octanol–water partition coefficient (Wildman–Crippen LogP) is 8.28. The maximum atomic E-state index is 2.31. The summed E-state index contributed by atoms with van der Waals surface area (Å²) in [6.07, 6.45) is 6.59. The van der Waals surface area contributed by atoms with Crippen molar-refractivity contribution < 1.29 is 0 Å². The summed E-state index contributed by atoms with van der Waals surface area (Å²) in [5.41, 5.74) is 7.27. The second kappa shape index (κ2) is 9.76. The summed E-state index contributed by atoms with van der Waals surface area (Å²) in [5, 5.41) is 0. The van der Waals surface area contributed by atoms with Crippen LogP contribution in [0.3, 0.4) is 0 Å². The minimum atomic E-state index is 1.12. The van der Waals surface area contributed by atoms with Crippen LogP contribution in [0.15, 0.2) is 109 Å². The predicted molar refractivity (Wildman–Crippen MR) is 130 cm³/mol. The fourth-order valence-corrected chi connectivity index (χ4v) is 3.62. The molecule has 0 bridgehead atoms. The molecule has 0 fully saturated rings. The molecule has 30 heavy (non-hydrogen) atoms. The summed E-state index contributed by atoms with van der Waals surface area (Å²) in [6.45, 7) is 2.22. The third-order valence-corrected chi connectivity index (χ3v) is 5.17. The van der Waals surface area contributed by atoms with Crippen LogP contribution in [-0.2, 0) is 6.42 Å². The molecular weight excluding hydrogens is 362 g/mol. The third kappa shape index (κ3) is 4.87. The van der Waals surface area contributed by atoms with E-state index < -0.39 is 0 Å². The Balaban J connectivity index is 1.63. The van der Waals surface area contributed by atoms with Crippen molar-refractivity contribution in [3.8, 4) is 0 Å². The number of anilines is 3. The van der Waals surface area contributed by atoms with Gasteiger partial charge < -0.3 is 4.90 Å². The maximum absolute atomic E-state index is 2.31. The molecule has 0 aliphatic carbocycles. The highest BCUT2D eigenvalue weighted by molar-refractivity contribution is 5.78. The van der Waals surface area contributed by atoms with Crippen LogP contribution in [0.5, 0.6) is 0 Å². The van der Waals surface area contributed by atoms with E-state index in [0.29, 0.717) is 0 Å². The fourth-order valence-electron chi connectivity index (χ4n) is 3.62. The van der Waals surface area contributed by atoms with Gasteiger partial charge in [-0.05, 0) is 59.5 Å². The van der Waals surface area contributed by atoms with Crippen LogP contribution in [0.2, 0.25) is 0 Å². The van der Waals surface area contributed by atoms with E-state index in [1.807, 2.05) is 6.07 Å². The van der Waals surface area contributed by atoms with Crippen molar-refractivity contribution >= 4 is 29.2 Å². The van der Waals surface area contributed by atoms with Gasteiger partial charge in [0, 0.05) is 17.1 Å². The summed E-state index contributed by atoms with van der Waals surface area (Å²) in [4.78, 5) is 2.31. The lowest BCUT2D eigenvalue weighted by Gasteiger charge is -2.25. The van der Waals surface area contributed by atoms with E-state index in [1.165, 1.54) is 28.8 Å². The van der Waals surface area contributed by atoms with Gasteiger partial charge in [0.05, 0.1) is 0 Å². The van der Waals surface area contributed by atoms with E-state index >= 15 is 0 Å². The second-order valence-electron chi connectivity index (χ2n) is 7.42. The van der Waals surface area contributed by atoms with E-state index in [9.17, 15) is 0 Å². The molecule has 0 aliphatic rings. The summed E-state index contributed by atoms with van der Waals surface area (Å²) in [6, 6.07) is 38.6. The molecule has 0 heterocycles. The second-order valence-corrected chi connectivity index (χ2v) is 7.42. The molecule has 4 aromatic rings. The lowest BCUT2D eigenvalue weighted by molar-refractivity contribution is 0.922. The van der Waals surface area contributed by atoms with Crippen LogP contribution in [0.4, 0.5) is 17.1 Å². The minimum absolute atomic E-state index is 1.12. The zero-order valence-corrected chi connectivity index (χ0v) is 17.4. The van der Waals surface area contributed by atoms with Gasteiger partial charge in [-0.25, -0.2) is 0 Å². The Morgan fingerprint density at radius 3 is 1.57 bits per heavy atom. The van der Waals surface area contributed by atoms with E-state index in [2.05, 4.69) is 127 Å². The molecule has 148 valence electrons.